The van der Waals surface area contributed by atoms with Crippen molar-refractivity contribution >= 4 is 17.7 Å². The van der Waals surface area contributed by atoms with Crippen LogP contribution < -0.4 is 4.90 Å². The summed E-state index contributed by atoms with van der Waals surface area (Å²) in [5.74, 6) is -0.754. The molecule has 2 atom stereocenters. The molecule has 3 rings (SSSR count). The number of piperidine rings is 1. The summed E-state index contributed by atoms with van der Waals surface area (Å²) in [5, 5.41) is 0. The highest BCUT2D eigenvalue weighted by Gasteiger charge is 2.41. The zero-order valence-electron chi connectivity index (χ0n) is 23.5. The van der Waals surface area contributed by atoms with E-state index in [0.29, 0.717) is 51.2 Å². The van der Waals surface area contributed by atoms with Crippen molar-refractivity contribution in [1.29, 1.82) is 0 Å². The molecular formula is C28H41F3N2O5. The van der Waals surface area contributed by atoms with E-state index in [1.54, 1.807) is 32.8 Å². The Kier molecular flexibility index (Phi) is 8.95. The number of esters is 1. The van der Waals surface area contributed by atoms with Crippen LogP contribution in [0.2, 0.25) is 0 Å². The van der Waals surface area contributed by atoms with Gasteiger partial charge in [0.25, 0.3) is 0 Å². The molecular weight excluding hydrogens is 501 g/mol. The number of carbonyl (C=O) groups is 2. The summed E-state index contributed by atoms with van der Waals surface area (Å²) in [4.78, 5) is 29.0. The first-order valence-corrected chi connectivity index (χ1v) is 13.2. The predicted molar refractivity (Wildman–Crippen MR) is 138 cm³/mol. The standard InChI is InChI=1S/C28H41F3N2O5/c1-26(2,3)37-24(34)18-10-12-32(13-11-18)23-15-20(28(29,30)31)8-9-22(23)19-14-21(17-36-7)33(16-19)25(35)38-27(4,5)6/h8-9,15,18-19,21H,10-14,16-17H2,1-7H3/t19-,21+/m1/s1. The molecule has 0 radical (unpaired) electrons. The van der Waals surface area contributed by atoms with E-state index in [4.69, 9.17) is 14.2 Å². The molecule has 1 aromatic rings. The van der Waals surface area contributed by atoms with Gasteiger partial charge in [-0.2, -0.15) is 13.2 Å². The number of hydrogen-bond donors (Lipinski definition) is 0. The third-order valence-corrected chi connectivity index (χ3v) is 6.77. The third kappa shape index (κ3) is 7.77. The Morgan fingerprint density at radius 1 is 0.974 bits per heavy atom. The Balaban J connectivity index is 1.87. The number of anilines is 1. The second-order valence-corrected chi connectivity index (χ2v) is 12.2. The largest absolute Gasteiger partial charge is 0.460 e. The zero-order chi connectivity index (χ0) is 28.5. The summed E-state index contributed by atoms with van der Waals surface area (Å²) >= 11 is 0. The maximum absolute atomic E-state index is 13.7. The Hall–Kier alpha value is -2.49. The van der Waals surface area contributed by atoms with Gasteiger partial charge in [0.15, 0.2) is 0 Å². The molecule has 0 aliphatic carbocycles. The highest BCUT2D eigenvalue weighted by molar-refractivity contribution is 5.73. The van der Waals surface area contributed by atoms with Crippen LogP contribution >= 0.6 is 0 Å². The smallest absolute Gasteiger partial charge is 0.416 e. The van der Waals surface area contributed by atoms with Gasteiger partial charge in [0.2, 0.25) is 0 Å². The third-order valence-electron chi connectivity index (χ3n) is 6.77. The van der Waals surface area contributed by atoms with E-state index in [1.165, 1.54) is 12.1 Å². The van der Waals surface area contributed by atoms with Crippen LogP contribution in [0.15, 0.2) is 18.2 Å². The minimum Gasteiger partial charge on any atom is -0.460 e. The first-order chi connectivity index (χ1) is 17.5. The van der Waals surface area contributed by atoms with Crippen molar-refractivity contribution in [1.82, 2.24) is 4.90 Å². The van der Waals surface area contributed by atoms with Crippen LogP contribution in [0, 0.1) is 5.92 Å². The molecule has 0 unspecified atom stereocenters. The van der Waals surface area contributed by atoms with Gasteiger partial charge < -0.3 is 24.0 Å². The quantitative estimate of drug-likeness (QED) is 0.425. The van der Waals surface area contributed by atoms with Crippen LogP contribution in [0.5, 0.6) is 0 Å². The number of rotatable bonds is 5. The van der Waals surface area contributed by atoms with E-state index in [2.05, 4.69) is 0 Å². The van der Waals surface area contributed by atoms with E-state index in [9.17, 15) is 22.8 Å². The first-order valence-electron chi connectivity index (χ1n) is 13.2. The van der Waals surface area contributed by atoms with Gasteiger partial charge in [0.05, 0.1) is 24.1 Å². The highest BCUT2D eigenvalue weighted by atomic mass is 19.4. The average molecular weight is 543 g/mol. The zero-order valence-corrected chi connectivity index (χ0v) is 23.5. The summed E-state index contributed by atoms with van der Waals surface area (Å²) in [6.45, 7) is 12.3. The van der Waals surface area contributed by atoms with Gasteiger partial charge in [-0.15, -0.1) is 0 Å². The Morgan fingerprint density at radius 3 is 2.11 bits per heavy atom. The van der Waals surface area contributed by atoms with E-state index >= 15 is 0 Å². The van der Waals surface area contributed by atoms with Gasteiger partial charge in [0.1, 0.15) is 11.2 Å². The molecule has 2 aliphatic heterocycles. The van der Waals surface area contributed by atoms with Crippen LogP contribution in [0.1, 0.15) is 77.8 Å². The number of amides is 1. The van der Waals surface area contributed by atoms with Gasteiger partial charge in [-0.3, -0.25) is 4.79 Å². The van der Waals surface area contributed by atoms with Gasteiger partial charge >= 0.3 is 18.2 Å². The van der Waals surface area contributed by atoms with Crippen LogP contribution in [0.3, 0.4) is 0 Å². The SMILES string of the molecule is COC[C@@H]1C[C@@H](c2ccc(C(F)(F)F)cc2N2CCC(C(=O)OC(C)(C)C)CC2)CN1C(=O)OC(C)(C)C. The summed E-state index contributed by atoms with van der Waals surface area (Å²) < 4.78 is 57.5. The van der Waals surface area contributed by atoms with Gasteiger partial charge in [-0.05, 0) is 78.5 Å². The van der Waals surface area contributed by atoms with Crippen LogP contribution in [0.4, 0.5) is 23.7 Å². The number of ether oxygens (including phenoxy) is 3. The number of benzene rings is 1. The number of nitrogens with zero attached hydrogens (tertiary/aromatic N) is 2. The molecule has 2 aliphatic rings. The Labute approximate surface area is 223 Å². The molecule has 0 saturated carbocycles. The second-order valence-electron chi connectivity index (χ2n) is 12.2. The molecule has 214 valence electrons. The average Bonchev–Trinajstić information content (AvgIpc) is 3.20. The minimum absolute atomic E-state index is 0.191. The van der Waals surface area contributed by atoms with Gasteiger partial charge in [0, 0.05) is 38.3 Å². The van der Waals surface area contributed by atoms with Crippen molar-refractivity contribution in [3.63, 3.8) is 0 Å². The number of hydrogen-bond acceptors (Lipinski definition) is 6. The van der Waals surface area contributed by atoms with Crippen molar-refractivity contribution in [3.8, 4) is 0 Å². The van der Waals surface area contributed by atoms with Crippen molar-refractivity contribution < 1.29 is 37.0 Å². The molecule has 2 heterocycles. The Morgan fingerprint density at radius 2 is 1.58 bits per heavy atom. The fraction of sp³-hybridized carbons (Fsp3) is 0.714. The number of halogens is 3. The summed E-state index contributed by atoms with van der Waals surface area (Å²) in [6, 6.07) is 3.58. The topological polar surface area (TPSA) is 68.3 Å². The molecule has 10 heteroatoms. The number of methoxy groups -OCH3 is 1. The number of alkyl halides is 3. The lowest BCUT2D eigenvalue weighted by Gasteiger charge is -2.36. The normalized spacial score (nSPS) is 21.5. The van der Waals surface area contributed by atoms with E-state index in [0.717, 1.165) is 11.6 Å². The van der Waals surface area contributed by atoms with Crippen molar-refractivity contribution in [3.05, 3.63) is 29.3 Å². The maximum Gasteiger partial charge on any atom is 0.416 e. The molecule has 38 heavy (non-hydrogen) atoms. The molecule has 1 amide bonds. The van der Waals surface area contributed by atoms with Crippen molar-refractivity contribution in [2.24, 2.45) is 5.92 Å². The fourth-order valence-corrected chi connectivity index (χ4v) is 5.12. The summed E-state index contributed by atoms with van der Waals surface area (Å²) in [7, 11) is 1.55. The van der Waals surface area contributed by atoms with E-state index in [-0.39, 0.29) is 23.8 Å². The lowest BCUT2D eigenvalue weighted by molar-refractivity contribution is -0.160. The van der Waals surface area contributed by atoms with Gasteiger partial charge in [-0.25, -0.2) is 4.79 Å². The molecule has 7 nitrogen and oxygen atoms in total. The Bertz CT molecular complexity index is 992. The molecule has 0 spiro atoms. The van der Waals surface area contributed by atoms with Crippen LogP contribution in [-0.4, -0.2) is 67.6 Å². The van der Waals surface area contributed by atoms with Gasteiger partial charge in [-0.1, -0.05) is 6.07 Å². The maximum atomic E-state index is 13.7. The molecule has 2 fully saturated rings. The predicted octanol–water partition coefficient (Wildman–Crippen LogP) is 6.00. The van der Waals surface area contributed by atoms with E-state index in [1.807, 2.05) is 25.7 Å². The first kappa shape index (κ1) is 30.1. The lowest BCUT2D eigenvalue weighted by atomic mass is 9.90. The summed E-state index contributed by atoms with van der Waals surface area (Å²) in [6.07, 6.45) is -3.43. The molecule has 2 saturated heterocycles. The van der Waals surface area contributed by atoms with Crippen molar-refractivity contribution in [2.75, 3.05) is 38.3 Å². The van der Waals surface area contributed by atoms with Crippen LogP contribution in [0.25, 0.3) is 0 Å². The van der Waals surface area contributed by atoms with Crippen LogP contribution in [-0.2, 0) is 25.2 Å². The molecule has 0 aromatic heterocycles. The molecule has 0 N–H and O–H groups in total. The van der Waals surface area contributed by atoms with E-state index < -0.39 is 29.0 Å². The number of likely N-dealkylation sites (tertiary alicyclic amines) is 1. The molecule has 0 bridgehead atoms. The summed E-state index contributed by atoms with van der Waals surface area (Å²) in [5.41, 5.74) is -0.745. The fourth-order valence-electron chi connectivity index (χ4n) is 5.12. The molecule has 1 aromatic carbocycles. The number of carbonyl (C=O) groups excluding carboxylic acids is 2. The highest BCUT2D eigenvalue weighted by Crippen LogP contribution is 2.42. The lowest BCUT2D eigenvalue weighted by Crippen LogP contribution is -2.41. The monoisotopic (exact) mass is 542 g/mol. The minimum atomic E-state index is -4.49. The second kappa shape index (κ2) is 11.3. The van der Waals surface area contributed by atoms with Crippen molar-refractivity contribution in [2.45, 2.75) is 90.1 Å².